The van der Waals surface area contributed by atoms with Crippen LogP contribution in [0.1, 0.15) is 24.2 Å². The first kappa shape index (κ1) is 14.6. The minimum atomic E-state index is -1.28. The third-order valence-corrected chi connectivity index (χ3v) is 4.21. The molecule has 6 heteroatoms. The van der Waals surface area contributed by atoms with Crippen molar-refractivity contribution in [2.45, 2.75) is 19.4 Å². The fourth-order valence-corrected chi connectivity index (χ4v) is 2.47. The Morgan fingerprint density at radius 2 is 2.00 bits per heavy atom. The van der Waals surface area contributed by atoms with Crippen molar-refractivity contribution >= 4 is 38.7 Å². The number of aromatic nitrogens is 1. The summed E-state index contributed by atoms with van der Waals surface area (Å²) in [7, 11) is 1.49. The summed E-state index contributed by atoms with van der Waals surface area (Å²) in [4.78, 5) is 28.1. The monoisotopic (exact) mass is 338 g/mol. The van der Waals surface area contributed by atoms with Crippen LogP contribution in [0.15, 0.2) is 28.9 Å². The lowest BCUT2D eigenvalue weighted by molar-refractivity contribution is -0.147. The van der Waals surface area contributed by atoms with Crippen LogP contribution in [0, 0.1) is 0 Å². The van der Waals surface area contributed by atoms with E-state index in [0.717, 1.165) is 15.4 Å². The van der Waals surface area contributed by atoms with E-state index in [1.54, 1.807) is 6.20 Å². The van der Waals surface area contributed by atoms with Crippen molar-refractivity contribution in [3.63, 3.8) is 0 Å². The van der Waals surface area contributed by atoms with Crippen molar-refractivity contribution < 1.29 is 14.7 Å². The Balaban J connectivity index is 2.50. The molecule has 20 heavy (non-hydrogen) atoms. The number of carbonyl (C=O) groups excluding carboxylic acids is 1. The molecule has 0 aliphatic heterocycles. The molecule has 0 bridgehead atoms. The number of aliphatic carboxylic acids is 1. The Bertz CT molecular complexity index is 691. The van der Waals surface area contributed by atoms with E-state index in [9.17, 15) is 14.7 Å². The maximum Gasteiger partial charge on any atom is 0.329 e. The van der Waals surface area contributed by atoms with Crippen LogP contribution in [0.4, 0.5) is 0 Å². The maximum absolute atomic E-state index is 12.5. The van der Waals surface area contributed by atoms with Crippen LogP contribution in [0.25, 0.3) is 10.9 Å². The fraction of sp³-hybridized carbons (Fsp3) is 0.286. The van der Waals surface area contributed by atoms with Gasteiger partial charge in [-0.3, -0.25) is 4.79 Å². The second-order valence-corrected chi connectivity index (χ2v) is 5.95. The topological polar surface area (TPSA) is 73.4 Å². The summed E-state index contributed by atoms with van der Waals surface area (Å²) >= 11 is 3.42. The number of carbonyl (C=O) groups is 2. The second-order valence-electron chi connectivity index (χ2n) is 5.09. The second kappa shape index (κ2) is 4.94. The number of hydrogen-bond donors (Lipinski definition) is 2. The Labute approximate surface area is 124 Å². The molecule has 2 aromatic rings. The minimum Gasteiger partial charge on any atom is -0.480 e. The lowest BCUT2D eigenvalue weighted by Crippen LogP contribution is -2.50. The van der Waals surface area contributed by atoms with Gasteiger partial charge in [-0.15, -0.1) is 0 Å². The number of amides is 1. The molecule has 1 aromatic heterocycles. The number of fused-ring (bicyclic) bond motifs is 1. The van der Waals surface area contributed by atoms with Gasteiger partial charge in [0, 0.05) is 28.6 Å². The zero-order valence-electron chi connectivity index (χ0n) is 11.4. The number of aromatic amines is 1. The van der Waals surface area contributed by atoms with Gasteiger partial charge in [-0.25, -0.2) is 4.79 Å². The van der Waals surface area contributed by atoms with Gasteiger partial charge in [-0.2, -0.15) is 0 Å². The Morgan fingerprint density at radius 1 is 1.35 bits per heavy atom. The summed E-state index contributed by atoms with van der Waals surface area (Å²) in [5.41, 5.74) is -0.00405. The minimum absolute atomic E-state index is 0.337. The van der Waals surface area contributed by atoms with Gasteiger partial charge >= 0.3 is 5.97 Å². The summed E-state index contributed by atoms with van der Waals surface area (Å²) in [6, 6.07) is 5.57. The van der Waals surface area contributed by atoms with Crippen LogP contribution in [-0.4, -0.2) is 39.5 Å². The van der Waals surface area contributed by atoms with Crippen LogP contribution in [0.5, 0.6) is 0 Å². The van der Waals surface area contributed by atoms with E-state index in [4.69, 9.17) is 0 Å². The number of hydrogen-bond acceptors (Lipinski definition) is 2. The average molecular weight is 339 g/mol. The highest BCUT2D eigenvalue weighted by Gasteiger charge is 2.36. The number of likely N-dealkylation sites (N-methyl/N-ethyl adjacent to an activating group) is 1. The van der Waals surface area contributed by atoms with Crippen molar-refractivity contribution in [1.29, 1.82) is 0 Å². The van der Waals surface area contributed by atoms with E-state index >= 15 is 0 Å². The van der Waals surface area contributed by atoms with Crippen molar-refractivity contribution in [2.75, 3.05) is 7.05 Å². The highest BCUT2D eigenvalue weighted by Crippen LogP contribution is 2.29. The van der Waals surface area contributed by atoms with Gasteiger partial charge in [-0.05, 0) is 26.0 Å². The summed E-state index contributed by atoms with van der Waals surface area (Å²) in [5, 5.41) is 9.97. The van der Waals surface area contributed by atoms with Crippen LogP contribution >= 0.6 is 15.9 Å². The first-order chi connectivity index (χ1) is 9.26. The standard InChI is InChI=1S/C14H15BrN2O3/c1-14(2,13(19)20)17(3)12(18)8-7-16-10-6-4-5-9(15)11(8)10/h4-7,16H,1-3H3,(H,19,20). The number of halogens is 1. The smallest absolute Gasteiger partial charge is 0.329 e. The summed E-state index contributed by atoms with van der Waals surface area (Å²) in [6.07, 6.45) is 1.60. The van der Waals surface area contributed by atoms with E-state index in [2.05, 4.69) is 20.9 Å². The van der Waals surface area contributed by atoms with Crippen LogP contribution < -0.4 is 0 Å². The average Bonchev–Trinajstić information content (AvgIpc) is 2.82. The lowest BCUT2D eigenvalue weighted by Gasteiger charge is -2.31. The molecule has 0 spiro atoms. The van der Waals surface area contributed by atoms with Gasteiger partial charge in [0.05, 0.1) is 5.56 Å². The number of carboxylic acids is 1. The molecule has 0 saturated carbocycles. The molecule has 1 amide bonds. The largest absolute Gasteiger partial charge is 0.480 e. The molecule has 0 atom stereocenters. The van der Waals surface area contributed by atoms with Gasteiger partial charge in [0.25, 0.3) is 5.91 Å². The van der Waals surface area contributed by atoms with E-state index in [1.165, 1.54) is 25.8 Å². The highest BCUT2D eigenvalue weighted by atomic mass is 79.9. The van der Waals surface area contributed by atoms with E-state index in [-0.39, 0.29) is 5.91 Å². The predicted octanol–water partition coefficient (Wildman–Crippen LogP) is 2.87. The molecule has 0 unspecified atom stereocenters. The van der Waals surface area contributed by atoms with Crippen molar-refractivity contribution in [3.8, 4) is 0 Å². The summed E-state index contributed by atoms with van der Waals surface area (Å²) in [6.45, 7) is 2.99. The quantitative estimate of drug-likeness (QED) is 0.903. The van der Waals surface area contributed by atoms with Crippen LogP contribution in [0.3, 0.4) is 0 Å². The van der Waals surface area contributed by atoms with E-state index in [0.29, 0.717) is 5.56 Å². The first-order valence-electron chi connectivity index (χ1n) is 6.04. The molecule has 0 saturated heterocycles. The Kier molecular flexibility index (Phi) is 3.60. The number of H-pyrrole nitrogens is 1. The van der Waals surface area contributed by atoms with Gasteiger partial charge in [0.1, 0.15) is 5.54 Å². The number of carboxylic acid groups (broad SMARTS) is 1. The molecular formula is C14H15BrN2O3. The molecule has 2 N–H and O–H groups in total. The van der Waals surface area contributed by atoms with Crippen molar-refractivity contribution in [2.24, 2.45) is 0 Å². The van der Waals surface area contributed by atoms with Gasteiger partial charge < -0.3 is 15.0 Å². The van der Waals surface area contributed by atoms with Crippen molar-refractivity contribution in [1.82, 2.24) is 9.88 Å². The summed E-state index contributed by atoms with van der Waals surface area (Å²) < 4.78 is 0.793. The molecule has 106 valence electrons. The Hall–Kier alpha value is -1.82. The number of rotatable bonds is 3. The highest BCUT2D eigenvalue weighted by molar-refractivity contribution is 9.10. The number of benzene rings is 1. The van der Waals surface area contributed by atoms with Gasteiger partial charge in [0.2, 0.25) is 0 Å². The number of nitrogens with one attached hydrogen (secondary N) is 1. The molecule has 0 aliphatic carbocycles. The third kappa shape index (κ3) is 2.20. The summed E-state index contributed by atoms with van der Waals surface area (Å²) in [5.74, 6) is -1.39. The van der Waals surface area contributed by atoms with Crippen molar-refractivity contribution in [3.05, 3.63) is 34.4 Å². The number of nitrogens with zero attached hydrogens (tertiary/aromatic N) is 1. The maximum atomic E-state index is 12.5. The van der Waals surface area contributed by atoms with Gasteiger partial charge in [-0.1, -0.05) is 22.0 Å². The van der Waals surface area contributed by atoms with Crippen LogP contribution in [0.2, 0.25) is 0 Å². The molecule has 0 aliphatic rings. The molecule has 2 rings (SSSR count). The molecule has 1 heterocycles. The molecule has 0 fully saturated rings. The first-order valence-corrected chi connectivity index (χ1v) is 6.83. The normalized spacial score (nSPS) is 11.6. The van der Waals surface area contributed by atoms with Crippen LogP contribution in [-0.2, 0) is 4.79 Å². The molecule has 5 nitrogen and oxygen atoms in total. The van der Waals surface area contributed by atoms with E-state index < -0.39 is 11.5 Å². The fourth-order valence-electron chi connectivity index (χ4n) is 1.89. The molecule has 1 aromatic carbocycles. The van der Waals surface area contributed by atoms with Gasteiger partial charge in [0.15, 0.2) is 0 Å². The SMILES string of the molecule is CN(C(=O)c1c[nH]c2cccc(Br)c12)C(C)(C)C(=O)O. The predicted molar refractivity (Wildman–Crippen MR) is 79.8 cm³/mol. The zero-order chi connectivity index (χ0) is 15.1. The molecular weight excluding hydrogens is 324 g/mol. The molecule has 0 radical (unpaired) electrons. The zero-order valence-corrected chi connectivity index (χ0v) is 13.0. The third-order valence-electron chi connectivity index (χ3n) is 3.55. The van der Waals surface area contributed by atoms with E-state index in [1.807, 2.05) is 18.2 Å². The Morgan fingerprint density at radius 3 is 2.60 bits per heavy atom. The lowest BCUT2D eigenvalue weighted by atomic mass is 10.0.